The van der Waals surface area contributed by atoms with Crippen LogP contribution in [0.25, 0.3) is 0 Å². The molecule has 0 unspecified atom stereocenters. The van der Waals surface area contributed by atoms with Gasteiger partial charge in [-0.2, -0.15) is 0 Å². The molecule has 0 aliphatic rings. The van der Waals surface area contributed by atoms with Crippen LogP contribution in [0, 0.1) is 6.92 Å². The fraction of sp³-hybridized carbons (Fsp3) is 0.500. The summed E-state index contributed by atoms with van der Waals surface area (Å²) < 4.78 is 10.0. The third-order valence-electron chi connectivity index (χ3n) is 2.16. The van der Waals surface area contributed by atoms with E-state index in [0.29, 0.717) is 5.56 Å². The third-order valence-corrected chi connectivity index (χ3v) is 2.16. The number of methoxy groups -OCH3 is 1. The average molecular weight is 182 g/mol. The molecule has 0 bridgehead atoms. The molecule has 0 radical (unpaired) electrons. The van der Waals surface area contributed by atoms with E-state index < -0.39 is 5.60 Å². The number of hydrogen-bond donors (Lipinski definition) is 0. The number of ketones is 1. The van der Waals surface area contributed by atoms with Gasteiger partial charge in [-0.15, -0.1) is 0 Å². The van der Waals surface area contributed by atoms with Crippen molar-refractivity contribution in [2.75, 3.05) is 7.11 Å². The van der Waals surface area contributed by atoms with Gasteiger partial charge in [0.1, 0.15) is 11.9 Å². The highest BCUT2D eigenvalue weighted by atomic mass is 16.5. The smallest absolute Gasteiger partial charge is 0.197 e. The van der Waals surface area contributed by atoms with Crippen LogP contribution in [0.15, 0.2) is 16.9 Å². The van der Waals surface area contributed by atoms with Gasteiger partial charge in [0.05, 0.1) is 11.8 Å². The number of Topliss-reactive ketones (excluding diaryl/α,β-unsaturated/α-hetero) is 1. The van der Waals surface area contributed by atoms with E-state index >= 15 is 0 Å². The summed E-state index contributed by atoms with van der Waals surface area (Å²) in [7, 11) is 1.52. The van der Waals surface area contributed by atoms with Crippen molar-refractivity contribution in [1.82, 2.24) is 0 Å². The maximum atomic E-state index is 11.8. The summed E-state index contributed by atoms with van der Waals surface area (Å²) in [5.74, 6) is -0.0544. The topological polar surface area (TPSA) is 39.4 Å². The van der Waals surface area contributed by atoms with Crippen molar-refractivity contribution in [2.24, 2.45) is 0 Å². The van der Waals surface area contributed by atoms with Crippen molar-refractivity contribution < 1.29 is 13.9 Å². The second-order valence-electron chi connectivity index (χ2n) is 3.51. The molecule has 0 fully saturated rings. The number of hydrogen-bond acceptors (Lipinski definition) is 3. The Morgan fingerprint density at radius 1 is 1.46 bits per heavy atom. The van der Waals surface area contributed by atoms with Gasteiger partial charge in [-0.05, 0) is 26.3 Å². The number of ether oxygens (including phenoxy) is 1. The van der Waals surface area contributed by atoms with Crippen molar-refractivity contribution in [1.29, 1.82) is 0 Å². The van der Waals surface area contributed by atoms with E-state index in [9.17, 15) is 4.79 Å². The van der Waals surface area contributed by atoms with Gasteiger partial charge in [0.25, 0.3) is 0 Å². The van der Waals surface area contributed by atoms with Crippen LogP contribution in [-0.4, -0.2) is 18.5 Å². The summed E-state index contributed by atoms with van der Waals surface area (Å²) in [5, 5.41) is 0. The molecular weight excluding hydrogens is 168 g/mol. The summed E-state index contributed by atoms with van der Waals surface area (Å²) in [6, 6.07) is 0. The van der Waals surface area contributed by atoms with Crippen LogP contribution < -0.4 is 0 Å². The van der Waals surface area contributed by atoms with Crippen molar-refractivity contribution >= 4 is 5.78 Å². The molecule has 0 aliphatic heterocycles. The molecular formula is C10H14O3. The highest BCUT2D eigenvalue weighted by molar-refractivity contribution is 6.02. The molecule has 0 amide bonds. The van der Waals surface area contributed by atoms with Crippen molar-refractivity contribution in [2.45, 2.75) is 26.4 Å². The molecule has 3 nitrogen and oxygen atoms in total. The summed E-state index contributed by atoms with van der Waals surface area (Å²) in [5.41, 5.74) is 0.649. The molecule has 72 valence electrons. The standard InChI is InChI=1S/C10H14O3/c1-7-5-13-6-8(7)9(11)10(2,3)12-4/h5-6H,1-4H3. The van der Waals surface area contributed by atoms with E-state index in [4.69, 9.17) is 9.15 Å². The lowest BCUT2D eigenvalue weighted by Crippen LogP contribution is -2.33. The van der Waals surface area contributed by atoms with Gasteiger partial charge in [0.2, 0.25) is 0 Å². The molecule has 1 aromatic heterocycles. The molecule has 3 heteroatoms. The lowest BCUT2D eigenvalue weighted by atomic mass is 9.96. The Morgan fingerprint density at radius 3 is 2.46 bits per heavy atom. The second kappa shape index (κ2) is 3.34. The summed E-state index contributed by atoms with van der Waals surface area (Å²) in [6.45, 7) is 5.31. The molecule has 0 N–H and O–H groups in total. The summed E-state index contributed by atoms with van der Waals surface area (Å²) in [6.07, 6.45) is 3.01. The molecule has 1 heterocycles. The van der Waals surface area contributed by atoms with Gasteiger partial charge >= 0.3 is 0 Å². The van der Waals surface area contributed by atoms with E-state index in [1.807, 2.05) is 6.92 Å². The Morgan fingerprint density at radius 2 is 2.08 bits per heavy atom. The van der Waals surface area contributed by atoms with Gasteiger partial charge in [0, 0.05) is 7.11 Å². The first-order valence-electron chi connectivity index (χ1n) is 4.12. The molecule has 0 aromatic carbocycles. The largest absolute Gasteiger partial charge is 0.472 e. The van der Waals surface area contributed by atoms with E-state index in [2.05, 4.69) is 0 Å². The number of aryl methyl sites for hydroxylation is 1. The second-order valence-corrected chi connectivity index (χ2v) is 3.51. The Kier molecular flexibility index (Phi) is 2.57. The van der Waals surface area contributed by atoms with E-state index in [1.165, 1.54) is 13.4 Å². The van der Waals surface area contributed by atoms with Crippen LogP contribution in [0.1, 0.15) is 29.8 Å². The van der Waals surface area contributed by atoms with Gasteiger partial charge in [0.15, 0.2) is 5.78 Å². The SMILES string of the molecule is COC(C)(C)C(=O)c1cocc1C. The van der Waals surface area contributed by atoms with Crippen LogP contribution in [-0.2, 0) is 4.74 Å². The van der Waals surface area contributed by atoms with Crippen molar-refractivity contribution in [3.63, 3.8) is 0 Å². The summed E-state index contributed by atoms with van der Waals surface area (Å²) in [4.78, 5) is 11.8. The molecule has 1 rings (SSSR count). The zero-order chi connectivity index (χ0) is 10.1. The van der Waals surface area contributed by atoms with Crippen LogP contribution >= 0.6 is 0 Å². The normalized spacial score (nSPS) is 11.7. The predicted octanol–water partition coefficient (Wildman–Crippen LogP) is 2.20. The highest BCUT2D eigenvalue weighted by Gasteiger charge is 2.29. The lowest BCUT2D eigenvalue weighted by molar-refractivity contribution is 0.0227. The van der Waals surface area contributed by atoms with Gasteiger partial charge in [-0.3, -0.25) is 4.79 Å². The maximum absolute atomic E-state index is 11.8. The van der Waals surface area contributed by atoms with Crippen LogP contribution in [0.2, 0.25) is 0 Å². The maximum Gasteiger partial charge on any atom is 0.197 e. The molecule has 0 atom stereocenters. The molecule has 0 aliphatic carbocycles. The Balaban J connectivity index is 2.98. The number of furan rings is 1. The number of carbonyl (C=O) groups excluding carboxylic acids is 1. The minimum atomic E-state index is -0.783. The minimum Gasteiger partial charge on any atom is -0.472 e. The summed E-state index contributed by atoms with van der Waals surface area (Å²) >= 11 is 0. The Labute approximate surface area is 77.7 Å². The minimum absolute atomic E-state index is 0.0544. The highest BCUT2D eigenvalue weighted by Crippen LogP contribution is 2.19. The van der Waals surface area contributed by atoms with Gasteiger partial charge in [-0.25, -0.2) is 0 Å². The first kappa shape index (κ1) is 9.99. The lowest BCUT2D eigenvalue weighted by Gasteiger charge is -2.20. The monoisotopic (exact) mass is 182 g/mol. The Bertz CT molecular complexity index is 310. The Hall–Kier alpha value is -1.09. The van der Waals surface area contributed by atoms with Crippen molar-refractivity contribution in [3.8, 4) is 0 Å². The number of rotatable bonds is 3. The van der Waals surface area contributed by atoms with Gasteiger partial charge < -0.3 is 9.15 Å². The first-order chi connectivity index (χ1) is 5.99. The quantitative estimate of drug-likeness (QED) is 0.673. The molecule has 0 spiro atoms. The molecule has 0 saturated carbocycles. The van der Waals surface area contributed by atoms with E-state index in [-0.39, 0.29) is 5.78 Å². The average Bonchev–Trinajstić information content (AvgIpc) is 2.50. The van der Waals surface area contributed by atoms with Crippen LogP contribution in [0.4, 0.5) is 0 Å². The fourth-order valence-electron chi connectivity index (χ4n) is 1.01. The molecule has 1 aromatic rings. The first-order valence-corrected chi connectivity index (χ1v) is 4.12. The van der Waals surface area contributed by atoms with E-state index in [0.717, 1.165) is 5.56 Å². The van der Waals surface area contributed by atoms with Crippen LogP contribution in [0.3, 0.4) is 0 Å². The molecule has 0 saturated heterocycles. The zero-order valence-corrected chi connectivity index (χ0v) is 8.38. The molecule has 13 heavy (non-hydrogen) atoms. The third kappa shape index (κ3) is 1.80. The van der Waals surface area contributed by atoms with Gasteiger partial charge in [-0.1, -0.05) is 0 Å². The zero-order valence-electron chi connectivity index (χ0n) is 8.38. The van der Waals surface area contributed by atoms with Crippen LogP contribution in [0.5, 0.6) is 0 Å². The van der Waals surface area contributed by atoms with Crippen molar-refractivity contribution in [3.05, 3.63) is 23.7 Å². The predicted molar refractivity (Wildman–Crippen MR) is 48.9 cm³/mol. The van der Waals surface area contributed by atoms with E-state index in [1.54, 1.807) is 20.1 Å². The number of carbonyl (C=O) groups is 1. The fourth-order valence-corrected chi connectivity index (χ4v) is 1.01.